The highest BCUT2D eigenvalue weighted by atomic mass is 32.1. The number of anilines is 2. The first-order valence-electron chi connectivity index (χ1n) is 9.55. The molecule has 0 radical (unpaired) electrons. The summed E-state index contributed by atoms with van der Waals surface area (Å²) >= 11 is 1.31. The van der Waals surface area contributed by atoms with Crippen LogP contribution in [0, 0.1) is 6.92 Å². The van der Waals surface area contributed by atoms with Gasteiger partial charge in [-0.15, -0.1) is 11.3 Å². The summed E-state index contributed by atoms with van der Waals surface area (Å²) in [6.07, 6.45) is -3.00. The van der Waals surface area contributed by atoms with Gasteiger partial charge in [-0.3, -0.25) is 10.1 Å². The van der Waals surface area contributed by atoms with Gasteiger partial charge in [0.25, 0.3) is 5.91 Å². The molecule has 0 spiro atoms. The summed E-state index contributed by atoms with van der Waals surface area (Å²) in [5, 5.41) is 14.7. The van der Waals surface area contributed by atoms with E-state index in [-0.39, 0.29) is 41.3 Å². The molecule has 7 nitrogen and oxygen atoms in total. The maximum absolute atomic E-state index is 13.8. The zero-order chi connectivity index (χ0) is 22.9. The number of aliphatic hydroxyl groups excluding tert-OH is 1. The number of aliphatic hydroxyl groups is 1. The molecule has 0 aliphatic carbocycles. The Kier molecular flexibility index (Phi) is 5.85. The quantitative estimate of drug-likeness (QED) is 0.334. The summed E-state index contributed by atoms with van der Waals surface area (Å²) in [5.41, 5.74) is 0.0917. The Hall–Kier alpha value is -3.44. The van der Waals surface area contributed by atoms with Gasteiger partial charge < -0.3 is 15.4 Å². The molecule has 1 amide bonds. The van der Waals surface area contributed by atoms with Gasteiger partial charge in [-0.1, -0.05) is 6.07 Å². The average molecular weight is 461 g/mol. The number of rotatable bonds is 6. The number of benzene rings is 2. The van der Waals surface area contributed by atoms with Crippen molar-refractivity contribution in [3.05, 3.63) is 58.6 Å². The normalized spacial score (nSPS) is 11.7. The molecule has 4 aromatic rings. The minimum Gasteiger partial charge on any atom is -0.395 e. The van der Waals surface area contributed by atoms with Crippen LogP contribution in [0.4, 0.5) is 24.0 Å². The van der Waals surface area contributed by atoms with Crippen LogP contribution in [0.3, 0.4) is 0 Å². The summed E-state index contributed by atoms with van der Waals surface area (Å²) in [4.78, 5) is 25.0. The number of amides is 1. The average Bonchev–Trinajstić information content (AvgIpc) is 3.37. The number of nitrogens with one attached hydrogen (secondary N) is 3. The molecule has 166 valence electrons. The van der Waals surface area contributed by atoms with Gasteiger partial charge in [0.2, 0.25) is 0 Å². The van der Waals surface area contributed by atoms with E-state index < -0.39 is 17.6 Å². The second-order valence-electron chi connectivity index (χ2n) is 6.93. The largest absolute Gasteiger partial charge is 0.417 e. The highest BCUT2D eigenvalue weighted by Gasteiger charge is 2.35. The molecule has 0 unspecified atom stereocenters. The van der Waals surface area contributed by atoms with E-state index in [2.05, 4.69) is 25.6 Å². The Morgan fingerprint density at radius 1 is 1.25 bits per heavy atom. The summed E-state index contributed by atoms with van der Waals surface area (Å²) in [6, 6.07) is 8.57. The van der Waals surface area contributed by atoms with Crippen LogP contribution in [0.1, 0.15) is 20.8 Å². The van der Waals surface area contributed by atoms with Gasteiger partial charge in [0.1, 0.15) is 11.3 Å². The van der Waals surface area contributed by atoms with Crippen molar-refractivity contribution in [1.82, 2.24) is 15.0 Å². The Balaban J connectivity index is 1.74. The first-order chi connectivity index (χ1) is 15.3. The lowest BCUT2D eigenvalue weighted by molar-refractivity contribution is -0.137. The predicted molar refractivity (Wildman–Crippen MR) is 117 cm³/mol. The Morgan fingerprint density at radius 2 is 2.06 bits per heavy atom. The van der Waals surface area contributed by atoms with Crippen molar-refractivity contribution in [2.24, 2.45) is 0 Å². The van der Waals surface area contributed by atoms with E-state index in [0.29, 0.717) is 10.6 Å². The lowest BCUT2D eigenvalue weighted by atomic mass is 10.1. The molecule has 11 heteroatoms. The molecule has 0 aliphatic heterocycles. The number of hydrogen-bond donors (Lipinski definition) is 4. The summed E-state index contributed by atoms with van der Waals surface area (Å²) < 4.78 is 41.3. The second-order valence-corrected chi connectivity index (χ2v) is 8.16. The molecule has 0 atom stereocenters. The smallest absolute Gasteiger partial charge is 0.395 e. The molecule has 0 saturated carbocycles. The fourth-order valence-corrected chi connectivity index (χ4v) is 3.87. The van der Waals surface area contributed by atoms with Crippen molar-refractivity contribution >= 4 is 39.1 Å². The van der Waals surface area contributed by atoms with Crippen LogP contribution < -0.4 is 10.6 Å². The molecule has 32 heavy (non-hydrogen) atoms. The predicted octanol–water partition coefficient (Wildman–Crippen LogP) is 4.67. The third-order valence-corrected chi connectivity index (χ3v) is 5.45. The van der Waals surface area contributed by atoms with E-state index in [1.54, 1.807) is 24.4 Å². The van der Waals surface area contributed by atoms with Crippen molar-refractivity contribution in [3.63, 3.8) is 0 Å². The zero-order valence-corrected chi connectivity index (χ0v) is 17.6. The minimum atomic E-state index is -4.63. The Morgan fingerprint density at radius 3 is 2.75 bits per heavy atom. The number of carbonyl (C=O) groups excluding carboxylic acids is 1. The lowest BCUT2D eigenvalue weighted by Crippen LogP contribution is -2.12. The number of thiazole rings is 1. The van der Waals surface area contributed by atoms with Crippen molar-refractivity contribution in [3.8, 4) is 11.4 Å². The standard InChI is InChI=1S/C21H18F3N5O2S/c1-11-10-26-20(32-11)29-19(31)14-3-2-4-16-17(14)28-18(27-16)13-6-5-12(25-7-8-30)9-15(13)21(22,23)24/h2-6,9-10,25,30H,7-8H2,1H3,(H,27,28)(H,26,29,31). The van der Waals surface area contributed by atoms with Crippen LogP contribution >= 0.6 is 11.3 Å². The van der Waals surface area contributed by atoms with Crippen molar-refractivity contribution in [1.29, 1.82) is 0 Å². The van der Waals surface area contributed by atoms with Crippen LogP contribution in [0.5, 0.6) is 0 Å². The second kappa shape index (κ2) is 8.60. The Bertz CT molecular complexity index is 1280. The number of para-hydroxylation sites is 1. The SMILES string of the molecule is Cc1cnc(NC(=O)c2cccc3[nH]c(-c4ccc(NCCO)cc4C(F)(F)F)nc23)s1. The number of halogens is 3. The number of aromatic amines is 1. The topological polar surface area (TPSA) is 103 Å². The van der Waals surface area contributed by atoms with E-state index in [9.17, 15) is 18.0 Å². The number of hydrogen-bond acceptors (Lipinski definition) is 6. The number of aromatic nitrogens is 3. The lowest BCUT2D eigenvalue weighted by Gasteiger charge is -2.14. The van der Waals surface area contributed by atoms with Gasteiger partial charge in [-0.25, -0.2) is 9.97 Å². The number of carbonyl (C=O) groups is 1. The molecule has 4 rings (SSSR count). The maximum Gasteiger partial charge on any atom is 0.417 e. The fraction of sp³-hybridized carbons (Fsp3) is 0.190. The molecule has 0 bridgehead atoms. The van der Waals surface area contributed by atoms with E-state index >= 15 is 0 Å². The number of alkyl halides is 3. The van der Waals surface area contributed by atoms with Crippen molar-refractivity contribution in [2.75, 3.05) is 23.8 Å². The first kappa shape index (κ1) is 21.8. The molecule has 0 fully saturated rings. The summed E-state index contributed by atoms with van der Waals surface area (Å²) in [6.45, 7) is 1.77. The van der Waals surface area contributed by atoms with Gasteiger partial charge in [-0.2, -0.15) is 13.2 Å². The number of nitrogens with zero attached hydrogens (tertiary/aromatic N) is 2. The molecule has 4 N–H and O–H groups in total. The van der Waals surface area contributed by atoms with E-state index in [0.717, 1.165) is 10.9 Å². The number of fused-ring (bicyclic) bond motifs is 1. The van der Waals surface area contributed by atoms with Gasteiger partial charge in [0, 0.05) is 28.9 Å². The highest BCUT2D eigenvalue weighted by molar-refractivity contribution is 7.15. The van der Waals surface area contributed by atoms with E-state index in [4.69, 9.17) is 5.11 Å². The van der Waals surface area contributed by atoms with Crippen molar-refractivity contribution < 1.29 is 23.1 Å². The van der Waals surface area contributed by atoms with E-state index in [1.807, 2.05) is 6.92 Å². The third kappa shape index (κ3) is 4.43. The molecular weight excluding hydrogens is 443 g/mol. The van der Waals surface area contributed by atoms with Crippen LogP contribution in [0.15, 0.2) is 42.6 Å². The monoisotopic (exact) mass is 461 g/mol. The van der Waals surface area contributed by atoms with Crippen molar-refractivity contribution in [2.45, 2.75) is 13.1 Å². The molecule has 2 aromatic heterocycles. The zero-order valence-electron chi connectivity index (χ0n) is 16.7. The van der Waals surface area contributed by atoms with Gasteiger partial charge >= 0.3 is 6.18 Å². The summed E-state index contributed by atoms with van der Waals surface area (Å²) in [7, 11) is 0. The van der Waals surface area contributed by atoms with Crippen LogP contribution in [-0.2, 0) is 6.18 Å². The fourth-order valence-electron chi connectivity index (χ4n) is 3.22. The molecule has 0 aliphatic rings. The third-order valence-electron chi connectivity index (χ3n) is 4.62. The van der Waals surface area contributed by atoms with E-state index in [1.165, 1.54) is 23.5 Å². The molecule has 0 saturated heterocycles. The van der Waals surface area contributed by atoms with Crippen LogP contribution in [0.2, 0.25) is 0 Å². The number of imidazole rings is 1. The minimum absolute atomic E-state index is 0.00798. The molecular formula is C21H18F3N5O2S. The van der Waals surface area contributed by atoms with Crippen LogP contribution in [0.25, 0.3) is 22.4 Å². The van der Waals surface area contributed by atoms with Gasteiger partial charge in [-0.05, 0) is 37.3 Å². The number of H-pyrrole nitrogens is 1. The van der Waals surface area contributed by atoms with Crippen LogP contribution in [-0.4, -0.2) is 39.1 Å². The maximum atomic E-state index is 13.8. The van der Waals surface area contributed by atoms with Gasteiger partial charge in [0.05, 0.1) is 23.3 Å². The molecule has 2 heterocycles. The first-order valence-corrected chi connectivity index (χ1v) is 10.4. The van der Waals surface area contributed by atoms with Gasteiger partial charge in [0.15, 0.2) is 5.13 Å². The molecule has 2 aromatic carbocycles. The summed E-state index contributed by atoms with van der Waals surface area (Å²) in [5.74, 6) is -0.464. The Labute approximate surface area is 184 Å². The number of aryl methyl sites for hydroxylation is 1. The highest BCUT2D eigenvalue weighted by Crippen LogP contribution is 2.38.